The van der Waals surface area contributed by atoms with Gasteiger partial charge in [0.15, 0.2) is 0 Å². The Hall–Kier alpha value is -0.240. The fourth-order valence-electron chi connectivity index (χ4n) is 1.22. The van der Waals surface area contributed by atoms with E-state index in [1.807, 2.05) is 25.1 Å². The van der Waals surface area contributed by atoms with Crippen LogP contribution in [0.15, 0.2) is 18.2 Å². The maximum atomic E-state index is 6.02. The molecule has 3 heteroatoms. The molecule has 0 saturated carbocycles. The van der Waals surface area contributed by atoms with Crippen LogP contribution in [0.5, 0.6) is 0 Å². The lowest BCUT2D eigenvalue weighted by Gasteiger charge is -1.93. The highest BCUT2D eigenvalue weighted by Crippen LogP contribution is 2.37. The highest BCUT2D eigenvalue weighted by Gasteiger charge is 2.08. The SMILES string of the molecule is Cc1c(Cl)sc2cccc(Cl)c12. The number of hydrogen-bond donors (Lipinski definition) is 0. The minimum absolute atomic E-state index is 0.785. The van der Waals surface area contributed by atoms with E-state index in [1.54, 1.807) is 11.3 Å². The third-order valence-electron chi connectivity index (χ3n) is 1.84. The van der Waals surface area contributed by atoms with Crippen molar-refractivity contribution in [2.24, 2.45) is 0 Å². The number of benzene rings is 1. The number of rotatable bonds is 0. The standard InChI is InChI=1S/C9H6Cl2S/c1-5-8-6(10)3-2-4-7(8)12-9(5)11/h2-4H,1H3. The van der Waals surface area contributed by atoms with Crippen molar-refractivity contribution in [3.63, 3.8) is 0 Å². The second kappa shape index (κ2) is 2.91. The quantitative estimate of drug-likeness (QED) is 0.608. The Bertz CT molecular complexity index is 431. The van der Waals surface area contributed by atoms with Crippen LogP contribution in [0, 0.1) is 6.92 Å². The highest BCUT2D eigenvalue weighted by atomic mass is 35.5. The Balaban J connectivity index is 2.97. The van der Waals surface area contributed by atoms with Gasteiger partial charge in [-0.15, -0.1) is 11.3 Å². The summed E-state index contributed by atoms with van der Waals surface area (Å²) < 4.78 is 1.99. The largest absolute Gasteiger partial charge is 0.123 e. The lowest BCUT2D eigenvalue weighted by molar-refractivity contribution is 1.60. The van der Waals surface area contributed by atoms with Crippen molar-refractivity contribution in [2.75, 3.05) is 0 Å². The molecule has 0 spiro atoms. The minimum Gasteiger partial charge on any atom is -0.123 e. The molecule has 2 aromatic rings. The average molecular weight is 217 g/mol. The van der Waals surface area contributed by atoms with Gasteiger partial charge in [-0.3, -0.25) is 0 Å². The molecule has 0 bridgehead atoms. The zero-order valence-electron chi connectivity index (χ0n) is 6.40. The minimum atomic E-state index is 0.785. The molecule has 0 amide bonds. The van der Waals surface area contributed by atoms with Gasteiger partial charge in [0, 0.05) is 15.1 Å². The Labute approximate surface area is 84.7 Å². The van der Waals surface area contributed by atoms with E-state index in [9.17, 15) is 0 Å². The molecule has 0 N–H and O–H groups in total. The number of aryl methyl sites for hydroxylation is 1. The van der Waals surface area contributed by atoms with Crippen LogP contribution in [0.4, 0.5) is 0 Å². The maximum Gasteiger partial charge on any atom is 0.0970 e. The summed E-state index contributed by atoms with van der Waals surface area (Å²) >= 11 is 13.6. The predicted molar refractivity (Wildman–Crippen MR) is 56.6 cm³/mol. The van der Waals surface area contributed by atoms with Gasteiger partial charge in [0.05, 0.1) is 4.34 Å². The zero-order chi connectivity index (χ0) is 8.72. The second-order valence-corrected chi connectivity index (χ2v) is 4.68. The van der Waals surface area contributed by atoms with Gasteiger partial charge in [0.25, 0.3) is 0 Å². The van der Waals surface area contributed by atoms with Gasteiger partial charge in [-0.2, -0.15) is 0 Å². The van der Waals surface area contributed by atoms with E-state index in [2.05, 4.69) is 0 Å². The summed E-state index contributed by atoms with van der Waals surface area (Å²) in [4.78, 5) is 0. The third kappa shape index (κ3) is 1.13. The lowest BCUT2D eigenvalue weighted by Crippen LogP contribution is -1.69. The average Bonchev–Trinajstić information content (AvgIpc) is 2.29. The summed E-state index contributed by atoms with van der Waals surface area (Å²) in [5, 5.41) is 1.88. The molecular formula is C9H6Cl2S. The van der Waals surface area contributed by atoms with Gasteiger partial charge in [-0.1, -0.05) is 29.3 Å². The molecule has 62 valence electrons. The fraction of sp³-hybridized carbons (Fsp3) is 0.111. The van der Waals surface area contributed by atoms with Crippen LogP contribution >= 0.6 is 34.5 Å². The second-order valence-electron chi connectivity index (χ2n) is 2.61. The van der Waals surface area contributed by atoms with Crippen LogP contribution < -0.4 is 0 Å². The molecular weight excluding hydrogens is 211 g/mol. The molecule has 1 heterocycles. The van der Waals surface area contributed by atoms with E-state index in [1.165, 1.54) is 0 Å². The van der Waals surface area contributed by atoms with Gasteiger partial charge in [0.2, 0.25) is 0 Å². The molecule has 0 aliphatic rings. The van der Waals surface area contributed by atoms with E-state index < -0.39 is 0 Å². The molecule has 0 unspecified atom stereocenters. The predicted octanol–water partition coefficient (Wildman–Crippen LogP) is 4.52. The summed E-state index contributed by atoms with van der Waals surface area (Å²) in [5.74, 6) is 0. The summed E-state index contributed by atoms with van der Waals surface area (Å²) in [7, 11) is 0. The van der Waals surface area contributed by atoms with Crippen molar-refractivity contribution >= 4 is 44.6 Å². The van der Waals surface area contributed by atoms with Crippen LogP contribution in [0.2, 0.25) is 9.36 Å². The van der Waals surface area contributed by atoms with Crippen molar-refractivity contribution < 1.29 is 0 Å². The molecule has 0 fully saturated rings. The first-order valence-electron chi connectivity index (χ1n) is 3.53. The lowest BCUT2D eigenvalue weighted by atomic mass is 10.2. The summed E-state index contributed by atoms with van der Waals surface area (Å²) in [6, 6.07) is 5.86. The maximum absolute atomic E-state index is 6.02. The van der Waals surface area contributed by atoms with Gasteiger partial charge >= 0.3 is 0 Å². The van der Waals surface area contributed by atoms with Crippen LogP contribution in [-0.2, 0) is 0 Å². The molecule has 12 heavy (non-hydrogen) atoms. The van der Waals surface area contributed by atoms with Crippen molar-refractivity contribution in [2.45, 2.75) is 6.92 Å². The Morgan fingerprint density at radius 1 is 1.25 bits per heavy atom. The normalized spacial score (nSPS) is 10.9. The van der Waals surface area contributed by atoms with Crippen LogP contribution in [-0.4, -0.2) is 0 Å². The van der Waals surface area contributed by atoms with Crippen LogP contribution in [0.3, 0.4) is 0 Å². The number of thiophene rings is 1. The number of fused-ring (bicyclic) bond motifs is 1. The van der Waals surface area contributed by atoms with E-state index in [4.69, 9.17) is 23.2 Å². The smallest absolute Gasteiger partial charge is 0.0970 e. The molecule has 0 nitrogen and oxygen atoms in total. The van der Waals surface area contributed by atoms with Gasteiger partial charge in [0.1, 0.15) is 0 Å². The van der Waals surface area contributed by atoms with Crippen LogP contribution in [0.1, 0.15) is 5.56 Å². The molecule has 1 aromatic heterocycles. The Morgan fingerprint density at radius 2 is 2.00 bits per heavy atom. The topological polar surface area (TPSA) is 0 Å². The van der Waals surface area contributed by atoms with E-state index in [0.29, 0.717) is 0 Å². The van der Waals surface area contributed by atoms with Crippen molar-refractivity contribution in [3.05, 3.63) is 33.1 Å². The van der Waals surface area contributed by atoms with Crippen molar-refractivity contribution in [1.29, 1.82) is 0 Å². The summed E-state index contributed by atoms with van der Waals surface area (Å²) in [6.45, 7) is 1.99. The molecule has 0 aliphatic heterocycles. The number of hydrogen-bond acceptors (Lipinski definition) is 1. The Morgan fingerprint density at radius 3 is 2.67 bits per heavy atom. The first-order chi connectivity index (χ1) is 5.70. The van der Waals surface area contributed by atoms with E-state index in [-0.39, 0.29) is 0 Å². The first kappa shape index (κ1) is 8.36. The fourth-order valence-corrected chi connectivity index (χ4v) is 2.90. The molecule has 0 saturated heterocycles. The van der Waals surface area contributed by atoms with Crippen molar-refractivity contribution in [3.8, 4) is 0 Å². The third-order valence-corrected chi connectivity index (χ3v) is 3.72. The highest BCUT2D eigenvalue weighted by molar-refractivity contribution is 7.23. The van der Waals surface area contributed by atoms with Crippen LogP contribution in [0.25, 0.3) is 10.1 Å². The van der Waals surface area contributed by atoms with E-state index >= 15 is 0 Å². The zero-order valence-corrected chi connectivity index (χ0v) is 8.72. The molecule has 0 atom stereocenters. The number of halogens is 2. The molecule has 0 aliphatic carbocycles. The van der Waals surface area contributed by atoms with Gasteiger partial charge in [-0.25, -0.2) is 0 Å². The van der Waals surface area contributed by atoms with Crippen molar-refractivity contribution in [1.82, 2.24) is 0 Å². The monoisotopic (exact) mass is 216 g/mol. The van der Waals surface area contributed by atoms with Gasteiger partial charge < -0.3 is 0 Å². The first-order valence-corrected chi connectivity index (χ1v) is 5.10. The molecule has 1 aromatic carbocycles. The summed E-state index contributed by atoms with van der Waals surface area (Å²) in [6.07, 6.45) is 0. The van der Waals surface area contributed by atoms with Gasteiger partial charge in [-0.05, 0) is 24.6 Å². The summed E-state index contributed by atoms with van der Waals surface area (Å²) in [5.41, 5.74) is 1.09. The molecule has 0 radical (unpaired) electrons. The van der Waals surface area contributed by atoms with E-state index in [0.717, 1.165) is 25.0 Å². The Kier molecular flexibility index (Phi) is 2.03. The molecule has 2 rings (SSSR count).